The monoisotopic (exact) mass is 322 g/mol. The van der Waals surface area contributed by atoms with Gasteiger partial charge >= 0.3 is 0 Å². The number of methoxy groups -OCH3 is 1. The molecule has 0 aliphatic carbocycles. The number of carbonyl (C=O) groups excluding carboxylic acids is 1. The van der Waals surface area contributed by atoms with Gasteiger partial charge in [-0.3, -0.25) is 9.79 Å². The molecule has 0 radical (unpaired) electrons. The molecule has 4 nitrogen and oxygen atoms in total. The minimum atomic E-state index is -0.0184. The summed E-state index contributed by atoms with van der Waals surface area (Å²) in [7, 11) is 1.64. The maximum Gasteiger partial charge on any atom is 0.165 e. The van der Waals surface area contributed by atoms with Gasteiger partial charge < -0.3 is 10.5 Å². The van der Waals surface area contributed by atoms with Crippen molar-refractivity contribution < 1.29 is 9.53 Å². The van der Waals surface area contributed by atoms with Gasteiger partial charge in [0.05, 0.1) is 18.8 Å². The van der Waals surface area contributed by atoms with Crippen LogP contribution in [0.4, 0.5) is 0 Å². The van der Waals surface area contributed by atoms with Crippen molar-refractivity contribution in [3.63, 3.8) is 0 Å². The molecule has 0 aromatic heterocycles. The van der Waals surface area contributed by atoms with Crippen LogP contribution in [-0.2, 0) is 11.2 Å². The first-order valence-corrected chi connectivity index (χ1v) is 7.79. The molecule has 124 valence electrons. The number of nitrogens with zero attached hydrogens (tertiary/aromatic N) is 1. The highest BCUT2D eigenvalue weighted by Gasteiger charge is 2.06. The van der Waals surface area contributed by atoms with Gasteiger partial charge in [0.25, 0.3) is 0 Å². The van der Waals surface area contributed by atoms with E-state index in [1.807, 2.05) is 61.5 Å². The highest BCUT2D eigenvalue weighted by atomic mass is 16.5. The third-order valence-corrected chi connectivity index (χ3v) is 3.66. The Kier molecular flexibility index (Phi) is 6.32. The summed E-state index contributed by atoms with van der Waals surface area (Å²) in [5.41, 5.74) is 8.80. The minimum Gasteiger partial charge on any atom is -0.497 e. The summed E-state index contributed by atoms with van der Waals surface area (Å²) in [6, 6.07) is 17.8. The fraction of sp³-hybridized carbons (Fsp3) is 0.200. The number of aliphatic imine (C=N–C) groups is 1. The Morgan fingerprint density at radius 2 is 1.83 bits per heavy atom. The number of ether oxygens (including phenoxy) is 1. The van der Waals surface area contributed by atoms with Crippen molar-refractivity contribution in [3.8, 4) is 5.75 Å². The van der Waals surface area contributed by atoms with E-state index < -0.39 is 0 Å². The molecule has 2 aromatic carbocycles. The summed E-state index contributed by atoms with van der Waals surface area (Å²) in [5.74, 6) is 0.804. The second-order valence-corrected chi connectivity index (χ2v) is 5.49. The van der Waals surface area contributed by atoms with Gasteiger partial charge in [-0.15, -0.1) is 0 Å². The molecular weight excluding hydrogens is 300 g/mol. The van der Waals surface area contributed by atoms with Crippen LogP contribution in [0, 0.1) is 0 Å². The summed E-state index contributed by atoms with van der Waals surface area (Å²) in [4.78, 5) is 15.6. The van der Waals surface area contributed by atoms with E-state index in [1.54, 1.807) is 13.2 Å². The van der Waals surface area contributed by atoms with E-state index in [2.05, 4.69) is 0 Å². The first-order chi connectivity index (χ1) is 11.6. The molecule has 1 unspecified atom stereocenters. The maximum absolute atomic E-state index is 10.9. The normalized spacial score (nSPS) is 13.4. The van der Waals surface area contributed by atoms with Gasteiger partial charge in [-0.05, 0) is 36.3 Å². The van der Waals surface area contributed by atoms with Crippen LogP contribution in [0.25, 0.3) is 0 Å². The predicted octanol–water partition coefficient (Wildman–Crippen LogP) is 3.48. The standard InChI is InChI=1S/C20H22N2O2/c1-15(17-6-4-3-5-7-17)22-19(13-18(21)14-23)12-16-8-10-20(24-2)11-9-16/h3-11,13-15H,12,21H2,1-2H3. The van der Waals surface area contributed by atoms with Gasteiger partial charge in [-0.1, -0.05) is 42.5 Å². The van der Waals surface area contributed by atoms with Crippen LogP contribution in [0.1, 0.15) is 24.1 Å². The van der Waals surface area contributed by atoms with Crippen LogP contribution in [0.2, 0.25) is 0 Å². The van der Waals surface area contributed by atoms with Crippen molar-refractivity contribution in [2.75, 3.05) is 7.11 Å². The Morgan fingerprint density at radius 3 is 2.42 bits per heavy atom. The second-order valence-electron chi connectivity index (χ2n) is 5.49. The maximum atomic E-state index is 10.9. The largest absolute Gasteiger partial charge is 0.497 e. The molecule has 0 saturated heterocycles. The van der Waals surface area contributed by atoms with E-state index in [0.29, 0.717) is 12.7 Å². The molecule has 0 amide bonds. The lowest BCUT2D eigenvalue weighted by Gasteiger charge is -2.10. The van der Waals surface area contributed by atoms with Crippen LogP contribution in [-0.4, -0.2) is 19.1 Å². The van der Waals surface area contributed by atoms with Gasteiger partial charge in [-0.25, -0.2) is 0 Å². The molecule has 2 aromatic rings. The second kappa shape index (κ2) is 8.67. The molecule has 2 rings (SSSR count). The molecule has 0 heterocycles. The van der Waals surface area contributed by atoms with Crippen LogP contribution >= 0.6 is 0 Å². The number of carbonyl (C=O) groups is 1. The van der Waals surface area contributed by atoms with Crippen LogP contribution in [0.5, 0.6) is 5.75 Å². The van der Waals surface area contributed by atoms with E-state index >= 15 is 0 Å². The molecule has 4 heteroatoms. The summed E-state index contributed by atoms with van der Waals surface area (Å²) >= 11 is 0. The number of benzene rings is 2. The molecule has 0 saturated carbocycles. The quantitative estimate of drug-likeness (QED) is 0.482. The summed E-state index contributed by atoms with van der Waals surface area (Å²) in [6.07, 6.45) is 2.86. The van der Waals surface area contributed by atoms with Crippen LogP contribution < -0.4 is 10.5 Å². The number of allylic oxidation sites excluding steroid dienone is 2. The Hall–Kier alpha value is -2.88. The Bertz CT molecular complexity index is 719. The molecular formula is C20H22N2O2. The van der Waals surface area contributed by atoms with Gasteiger partial charge in [0, 0.05) is 12.1 Å². The van der Waals surface area contributed by atoms with Crippen molar-refractivity contribution in [1.82, 2.24) is 0 Å². The Morgan fingerprint density at radius 1 is 1.17 bits per heavy atom. The average molecular weight is 322 g/mol. The summed E-state index contributed by atoms with van der Waals surface area (Å²) in [6.45, 7) is 2.02. The van der Waals surface area contributed by atoms with Crippen LogP contribution in [0.15, 0.2) is 71.4 Å². The lowest BCUT2D eigenvalue weighted by Crippen LogP contribution is -2.08. The third-order valence-electron chi connectivity index (χ3n) is 3.66. The molecule has 0 bridgehead atoms. The van der Waals surface area contributed by atoms with Gasteiger partial charge in [-0.2, -0.15) is 0 Å². The third kappa shape index (κ3) is 5.09. The number of rotatable bonds is 7. The molecule has 0 fully saturated rings. The van der Waals surface area contributed by atoms with Crippen molar-refractivity contribution in [3.05, 3.63) is 77.5 Å². The van der Waals surface area contributed by atoms with Crippen molar-refractivity contribution in [2.24, 2.45) is 10.7 Å². The topological polar surface area (TPSA) is 64.7 Å². The molecule has 1 atom stereocenters. The fourth-order valence-electron chi connectivity index (χ4n) is 2.37. The smallest absolute Gasteiger partial charge is 0.165 e. The highest BCUT2D eigenvalue weighted by molar-refractivity contribution is 6.00. The lowest BCUT2D eigenvalue weighted by atomic mass is 10.1. The van der Waals surface area contributed by atoms with Crippen molar-refractivity contribution in [1.29, 1.82) is 0 Å². The molecule has 0 aliphatic heterocycles. The van der Waals surface area contributed by atoms with Gasteiger partial charge in [0.15, 0.2) is 6.29 Å². The van der Waals surface area contributed by atoms with E-state index in [9.17, 15) is 4.79 Å². The number of hydrogen-bond donors (Lipinski definition) is 1. The fourth-order valence-corrected chi connectivity index (χ4v) is 2.37. The Labute approximate surface area is 142 Å². The predicted molar refractivity (Wildman–Crippen MR) is 97.3 cm³/mol. The zero-order valence-electron chi connectivity index (χ0n) is 14.0. The first-order valence-electron chi connectivity index (χ1n) is 7.79. The SMILES string of the molecule is COc1ccc(CC(C=C(N)C=O)=NC(C)c2ccccc2)cc1. The van der Waals surface area contributed by atoms with E-state index in [0.717, 1.165) is 22.6 Å². The molecule has 0 aliphatic rings. The van der Waals surface area contributed by atoms with Gasteiger partial charge in [0.1, 0.15) is 5.75 Å². The first kappa shape index (κ1) is 17.5. The van der Waals surface area contributed by atoms with E-state index in [4.69, 9.17) is 15.5 Å². The lowest BCUT2D eigenvalue weighted by molar-refractivity contribution is -0.104. The average Bonchev–Trinajstić information content (AvgIpc) is 2.62. The number of hydrogen-bond acceptors (Lipinski definition) is 4. The van der Waals surface area contributed by atoms with Gasteiger partial charge in [0.2, 0.25) is 0 Å². The van der Waals surface area contributed by atoms with Crippen LogP contribution in [0.3, 0.4) is 0 Å². The number of aldehydes is 1. The Balaban J connectivity index is 2.26. The molecule has 24 heavy (non-hydrogen) atoms. The number of nitrogens with two attached hydrogens (primary N) is 1. The van der Waals surface area contributed by atoms with E-state index in [1.165, 1.54) is 0 Å². The highest BCUT2D eigenvalue weighted by Crippen LogP contribution is 2.18. The molecule has 0 spiro atoms. The van der Waals surface area contributed by atoms with E-state index in [-0.39, 0.29) is 11.7 Å². The molecule has 2 N–H and O–H groups in total. The van der Waals surface area contributed by atoms with Crippen molar-refractivity contribution >= 4 is 12.0 Å². The minimum absolute atomic E-state index is 0.0184. The zero-order valence-corrected chi connectivity index (χ0v) is 14.0. The van der Waals surface area contributed by atoms with Crippen molar-refractivity contribution in [2.45, 2.75) is 19.4 Å². The summed E-state index contributed by atoms with van der Waals surface area (Å²) < 4.78 is 5.17. The summed E-state index contributed by atoms with van der Waals surface area (Å²) in [5, 5.41) is 0. The zero-order chi connectivity index (χ0) is 17.4.